The summed E-state index contributed by atoms with van der Waals surface area (Å²) in [6, 6.07) is 14.6. The molecule has 84 valence electrons. The molecule has 2 heterocycles. The number of hydrogen-bond donors (Lipinski definition) is 0. The number of rotatable bonds is 2. The fourth-order valence-electron chi connectivity index (χ4n) is 2.05. The van der Waals surface area contributed by atoms with E-state index in [-0.39, 0.29) is 0 Å². The zero-order valence-electron chi connectivity index (χ0n) is 9.80. The summed E-state index contributed by atoms with van der Waals surface area (Å²) < 4.78 is 2.09. The van der Waals surface area contributed by atoms with Gasteiger partial charge in [0, 0.05) is 18.8 Å². The molecule has 0 saturated heterocycles. The van der Waals surface area contributed by atoms with Gasteiger partial charge in [-0.25, -0.2) is 4.98 Å². The summed E-state index contributed by atoms with van der Waals surface area (Å²) in [5.41, 5.74) is 4.68. The summed E-state index contributed by atoms with van der Waals surface area (Å²) in [7, 11) is 0. The zero-order valence-corrected chi connectivity index (χ0v) is 9.80. The Morgan fingerprint density at radius 2 is 1.82 bits per heavy atom. The largest absolute Gasteiger partial charge is 0.307 e. The third-order valence-electron chi connectivity index (χ3n) is 2.88. The molecule has 0 amide bonds. The molecular weight excluding hydrogens is 208 g/mol. The van der Waals surface area contributed by atoms with Crippen molar-refractivity contribution in [2.24, 2.45) is 0 Å². The van der Waals surface area contributed by atoms with Crippen LogP contribution in [0.3, 0.4) is 0 Å². The average Bonchev–Trinajstić information content (AvgIpc) is 2.71. The second-order valence-electron chi connectivity index (χ2n) is 4.37. The molecule has 1 aromatic carbocycles. The van der Waals surface area contributed by atoms with Crippen LogP contribution in [0.2, 0.25) is 0 Å². The summed E-state index contributed by atoms with van der Waals surface area (Å²) in [4.78, 5) is 4.61. The molecule has 3 rings (SSSR count). The lowest BCUT2D eigenvalue weighted by atomic mass is 10.1. The van der Waals surface area contributed by atoms with Gasteiger partial charge in [0.25, 0.3) is 0 Å². The number of pyridine rings is 1. The Morgan fingerprint density at radius 1 is 1.00 bits per heavy atom. The predicted octanol–water partition coefficient (Wildman–Crippen LogP) is 3.23. The van der Waals surface area contributed by atoms with E-state index in [1.807, 2.05) is 6.07 Å². The van der Waals surface area contributed by atoms with Crippen LogP contribution in [0.5, 0.6) is 0 Å². The van der Waals surface area contributed by atoms with Crippen LogP contribution in [0.25, 0.3) is 5.65 Å². The fourth-order valence-corrected chi connectivity index (χ4v) is 2.05. The molecule has 0 fully saturated rings. The molecule has 2 aromatic heterocycles. The van der Waals surface area contributed by atoms with Crippen molar-refractivity contribution in [2.45, 2.75) is 13.3 Å². The predicted molar refractivity (Wildman–Crippen MR) is 69.2 cm³/mol. The summed E-state index contributed by atoms with van der Waals surface area (Å²) in [5, 5.41) is 0. The van der Waals surface area contributed by atoms with Crippen LogP contribution in [-0.2, 0) is 6.42 Å². The maximum atomic E-state index is 4.61. The van der Waals surface area contributed by atoms with Gasteiger partial charge in [-0.15, -0.1) is 0 Å². The van der Waals surface area contributed by atoms with E-state index in [1.165, 1.54) is 11.1 Å². The number of benzene rings is 1. The van der Waals surface area contributed by atoms with Gasteiger partial charge in [-0.1, -0.05) is 36.4 Å². The smallest absolute Gasteiger partial charge is 0.137 e. The van der Waals surface area contributed by atoms with Crippen molar-refractivity contribution in [2.75, 3.05) is 0 Å². The van der Waals surface area contributed by atoms with E-state index in [1.54, 1.807) is 0 Å². The van der Waals surface area contributed by atoms with Crippen molar-refractivity contribution in [3.05, 3.63) is 71.7 Å². The highest BCUT2D eigenvalue weighted by atomic mass is 15.0. The molecule has 0 aliphatic rings. The highest BCUT2D eigenvalue weighted by molar-refractivity contribution is 5.42. The van der Waals surface area contributed by atoms with Crippen LogP contribution >= 0.6 is 0 Å². The molecule has 2 heteroatoms. The molecule has 2 nitrogen and oxygen atoms in total. The number of fused-ring (bicyclic) bond motifs is 1. The first kappa shape index (κ1) is 10.1. The minimum atomic E-state index is 0.890. The van der Waals surface area contributed by atoms with E-state index in [0.29, 0.717) is 0 Å². The zero-order chi connectivity index (χ0) is 11.7. The van der Waals surface area contributed by atoms with Gasteiger partial charge in [0.1, 0.15) is 5.65 Å². The molecule has 0 unspecified atom stereocenters. The van der Waals surface area contributed by atoms with Crippen molar-refractivity contribution >= 4 is 5.65 Å². The van der Waals surface area contributed by atoms with E-state index >= 15 is 0 Å². The molecule has 3 aromatic rings. The summed E-state index contributed by atoms with van der Waals surface area (Å²) in [5.74, 6) is 0. The van der Waals surface area contributed by atoms with Crippen molar-refractivity contribution in [1.29, 1.82) is 0 Å². The van der Waals surface area contributed by atoms with E-state index in [9.17, 15) is 0 Å². The minimum Gasteiger partial charge on any atom is -0.307 e. The van der Waals surface area contributed by atoms with Crippen LogP contribution in [-0.4, -0.2) is 9.38 Å². The molecular formula is C15H14N2. The first-order valence-corrected chi connectivity index (χ1v) is 5.79. The van der Waals surface area contributed by atoms with Crippen LogP contribution < -0.4 is 0 Å². The van der Waals surface area contributed by atoms with E-state index in [4.69, 9.17) is 0 Å². The standard InChI is InChI=1S/C15H14N2/c1-12-7-8-15-16-14(11-17(15)10-12)9-13-5-3-2-4-6-13/h2-8,10-11H,9H2,1H3. The Hall–Kier alpha value is -2.09. The average molecular weight is 222 g/mol. The minimum absolute atomic E-state index is 0.890. The SMILES string of the molecule is Cc1ccc2nc(Cc3ccccc3)cn2c1. The van der Waals surface area contributed by atoms with Crippen LogP contribution in [0.15, 0.2) is 54.9 Å². The summed E-state index contributed by atoms with van der Waals surface area (Å²) >= 11 is 0. The van der Waals surface area contributed by atoms with Crippen molar-refractivity contribution < 1.29 is 0 Å². The maximum Gasteiger partial charge on any atom is 0.137 e. The van der Waals surface area contributed by atoms with Gasteiger partial charge in [-0.05, 0) is 24.1 Å². The second-order valence-corrected chi connectivity index (χ2v) is 4.37. The fraction of sp³-hybridized carbons (Fsp3) is 0.133. The molecule has 0 N–H and O–H groups in total. The Kier molecular flexibility index (Phi) is 2.41. The van der Waals surface area contributed by atoms with Crippen molar-refractivity contribution in [1.82, 2.24) is 9.38 Å². The molecule has 17 heavy (non-hydrogen) atoms. The first-order chi connectivity index (χ1) is 8.31. The molecule has 0 aliphatic carbocycles. The van der Waals surface area contributed by atoms with Gasteiger partial charge in [0.05, 0.1) is 5.69 Å². The van der Waals surface area contributed by atoms with E-state index < -0.39 is 0 Å². The molecule has 0 bridgehead atoms. The van der Waals surface area contributed by atoms with Gasteiger partial charge >= 0.3 is 0 Å². The quantitative estimate of drug-likeness (QED) is 0.650. The van der Waals surface area contributed by atoms with Gasteiger partial charge in [0.15, 0.2) is 0 Å². The highest BCUT2D eigenvalue weighted by Gasteiger charge is 2.02. The number of imidazole rings is 1. The van der Waals surface area contributed by atoms with Gasteiger partial charge in [-0.3, -0.25) is 0 Å². The lowest BCUT2D eigenvalue weighted by Crippen LogP contribution is -1.86. The van der Waals surface area contributed by atoms with Gasteiger partial charge in [0.2, 0.25) is 0 Å². The van der Waals surface area contributed by atoms with Gasteiger partial charge < -0.3 is 4.40 Å². The van der Waals surface area contributed by atoms with Crippen LogP contribution in [0.4, 0.5) is 0 Å². The number of aryl methyl sites for hydroxylation is 1. The Bertz CT molecular complexity index is 638. The molecule has 0 saturated carbocycles. The maximum absolute atomic E-state index is 4.61. The number of hydrogen-bond acceptors (Lipinski definition) is 1. The molecule has 0 aliphatic heterocycles. The van der Waals surface area contributed by atoms with E-state index in [0.717, 1.165) is 17.8 Å². The lowest BCUT2D eigenvalue weighted by Gasteiger charge is -1.95. The molecule has 0 spiro atoms. The molecule has 0 radical (unpaired) electrons. The van der Waals surface area contributed by atoms with E-state index in [2.05, 4.69) is 65.1 Å². The first-order valence-electron chi connectivity index (χ1n) is 5.79. The third kappa shape index (κ3) is 2.07. The molecule has 0 atom stereocenters. The van der Waals surface area contributed by atoms with Crippen LogP contribution in [0.1, 0.15) is 16.8 Å². The summed E-state index contributed by atoms with van der Waals surface area (Å²) in [6.45, 7) is 2.09. The van der Waals surface area contributed by atoms with Crippen LogP contribution in [0, 0.1) is 6.92 Å². The number of nitrogens with zero attached hydrogens (tertiary/aromatic N) is 2. The van der Waals surface area contributed by atoms with Gasteiger partial charge in [-0.2, -0.15) is 0 Å². The normalized spacial score (nSPS) is 10.9. The lowest BCUT2D eigenvalue weighted by molar-refractivity contribution is 1.11. The Balaban J connectivity index is 1.96. The van der Waals surface area contributed by atoms with Crippen molar-refractivity contribution in [3.63, 3.8) is 0 Å². The Morgan fingerprint density at radius 3 is 2.65 bits per heavy atom. The monoisotopic (exact) mass is 222 g/mol. The third-order valence-corrected chi connectivity index (χ3v) is 2.88. The second kappa shape index (κ2) is 4.06. The topological polar surface area (TPSA) is 17.3 Å². The summed E-state index contributed by atoms with van der Waals surface area (Å²) in [6.07, 6.45) is 5.10. The Labute approximate surface area is 101 Å². The number of aromatic nitrogens is 2. The highest BCUT2D eigenvalue weighted by Crippen LogP contribution is 2.11. The van der Waals surface area contributed by atoms with Crippen molar-refractivity contribution in [3.8, 4) is 0 Å².